The van der Waals surface area contributed by atoms with Gasteiger partial charge in [-0.3, -0.25) is 4.98 Å². The normalized spacial score (nSPS) is 11.2. The summed E-state index contributed by atoms with van der Waals surface area (Å²) in [6, 6.07) is 5.17. The molecule has 0 radical (unpaired) electrons. The van der Waals surface area contributed by atoms with Gasteiger partial charge in [-0.05, 0) is 23.1 Å². The minimum atomic E-state index is -2.58. The lowest BCUT2D eigenvalue weighted by Crippen LogP contribution is -2.06. The Hall–Kier alpha value is -2.15. The summed E-state index contributed by atoms with van der Waals surface area (Å²) < 4.78 is 26.6. The average Bonchev–Trinajstić information content (AvgIpc) is 2.94. The quantitative estimate of drug-likeness (QED) is 0.797. The van der Waals surface area contributed by atoms with Gasteiger partial charge in [0, 0.05) is 12.7 Å². The molecule has 0 bridgehead atoms. The first-order valence-corrected chi connectivity index (χ1v) is 6.77. The van der Waals surface area contributed by atoms with Crippen molar-refractivity contribution in [2.24, 2.45) is 0 Å². The number of rotatable bonds is 4. The lowest BCUT2D eigenvalue weighted by atomic mass is 10.2. The van der Waals surface area contributed by atoms with Gasteiger partial charge in [-0.25, -0.2) is 18.7 Å². The fraction of sp³-hybridized carbons (Fsp3) is 0.154. The van der Waals surface area contributed by atoms with E-state index in [-0.39, 0.29) is 12.2 Å². The van der Waals surface area contributed by atoms with E-state index in [4.69, 9.17) is 0 Å². The number of pyridine rings is 1. The van der Waals surface area contributed by atoms with Gasteiger partial charge < -0.3 is 5.32 Å². The Morgan fingerprint density at radius 3 is 2.95 bits per heavy atom. The van der Waals surface area contributed by atoms with Crippen molar-refractivity contribution >= 4 is 27.4 Å². The number of fused-ring (bicyclic) bond motifs is 1. The Balaban J connectivity index is 1.85. The van der Waals surface area contributed by atoms with E-state index in [0.717, 1.165) is 10.2 Å². The fourth-order valence-corrected chi connectivity index (χ4v) is 2.70. The van der Waals surface area contributed by atoms with E-state index in [1.807, 2.05) is 11.4 Å². The SMILES string of the molecule is FC(F)c1ncccc1CNc1ncnc2ccsc12. The predicted molar refractivity (Wildman–Crippen MR) is 73.9 cm³/mol. The van der Waals surface area contributed by atoms with Crippen LogP contribution in [0.25, 0.3) is 10.2 Å². The number of nitrogens with one attached hydrogen (secondary N) is 1. The van der Waals surface area contributed by atoms with Crippen molar-refractivity contribution in [3.05, 3.63) is 47.4 Å². The molecule has 0 aliphatic heterocycles. The van der Waals surface area contributed by atoms with Gasteiger partial charge in [0.2, 0.25) is 0 Å². The van der Waals surface area contributed by atoms with Crippen molar-refractivity contribution in [3.8, 4) is 0 Å². The molecule has 3 aromatic heterocycles. The molecule has 3 rings (SSSR count). The monoisotopic (exact) mass is 292 g/mol. The molecular formula is C13H10F2N4S. The van der Waals surface area contributed by atoms with Crippen LogP contribution in [0.15, 0.2) is 36.1 Å². The third-order valence-electron chi connectivity index (χ3n) is 2.82. The molecule has 0 atom stereocenters. The molecule has 0 unspecified atom stereocenters. The average molecular weight is 292 g/mol. The molecule has 0 saturated heterocycles. The van der Waals surface area contributed by atoms with Crippen LogP contribution in [0.4, 0.5) is 14.6 Å². The highest BCUT2D eigenvalue weighted by Gasteiger charge is 2.14. The van der Waals surface area contributed by atoms with E-state index in [9.17, 15) is 8.78 Å². The Kier molecular flexibility index (Phi) is 3.51. The number of halogens is 2. The summed E-state index contributed by atoms with van der Waals surface area (Å²) in [5, 5.41) is 4.99. The van der Waals surface area contributed by atoms with Crippen LogP contribution < -0.4 is 5.32 Å². The second kappa shape index (κ2) is 5.46. The Morgan fingerprint density at radius 1 is 1.20 bits per heavy atom. The van der Waals surface area contributed by atoms with Gasteiger partial charge in [-0.1, -0.05) is 6.07 Å². The number of nitrogens with zero attached hydrogens (tertiary/aromatic N) is 3. The third kappa shape index (κ3) is 2.44. The predicted octanol–water partition coefficient (Wildman–Crippen LogP) is 3.64. The molecule has 102 valence electrons. The van der Waals surface area contributed by atoms with Gasteiger partial charge in [-0.15, -0.1) is 11.3 Å². The number of alkyl halides is 2. The molecular weight excluding hydrogens is 282 g/mol. The van der Waals surface area contributed by atoms with Gasteiger partial charge in [0.1, 0.15) is 17.8 Å². The van der Waals surface area contributed by atoms with Crippen molar-refractivity contribution < 1.29 is 8.78 Å². The van der Waals surface area contributed by atoms with Gasteiger partial charge in [0.05, 0.1) is 10.2 Å². The van der Waals surface area contributed by atoms with Crippen LogP contribution in [0.5, 0.6) is 0 Å². The van der Waals surface area contributed by atoms with Gasteiger partial charge in [0.15, 0.2) is 0 Å². The molecule has 0 fully saturated rings. The third-order valence-corrected chi connectivity index (χ3v) is 3.73. The highest BCUT2D eigenvalue weighted by Crippen LogP contribution is 2.26. The molecule has 3 aromatic rings. The fourth-order valence-electron chi connectivity index (χ4n) is 1.89. The number of aromatic nitrogens is 3. The molecule has 20 heavy (non-hydrogen) atoms. The first-order valence-electron chi connectivity index (χ1n) is 5.89. The van der Waals surface area contributed by atoms with Crippen molar-refractivity contribution in [1.29, 1.82) is 0 Å². The summed E-state index contributed by atoms with van der Waals surface area (Å²) in [7, 11) is 0. The van der Waals surface area contributed by atoms with E-state index < -0.39 is 6.43 Å². The molecule has 7 heteroatoms. The minimum absolute atomic E-state index is 0.198. The lowest BCUT2D eigenvalue weighted by Gasteiger charge is -2.09. The van der Waals surface area contributed by atoms with E-state index in [1.165, 1.54) is 23.9 Å². The first kappa shape index (κ1) is 12.9. The zero-order valence-electron chi connectivity index (χ0n) is 10.3. The van der Waals surface area contributed by atoms with E-state index >= 15 is 0 Å². The zero-order chi connectivity index (χ0) is 13.9. The second-order valence-corrected chi connectivity index (χ2v) is 4.98. The number of hydrogen-bond acceptors (Lipinski definition) is 5. The van der Waals surface area contributed by atoms with Crippen LogP contribution in [0.2, 0.25) is 0 Å². The summed E-state index contributed by atoms with van der Waals surface area (Å²) in [5.74, 6) is 0.647. The van der Waals surface area contributed by atoms with Crippen molar-refractivity contribution in [3.63, 3.8) is 0 Å². The minimum Gasteiger partial charge on any atom is -0.365 e. The summed E-state index contributed by atoms with van der Waals surface area (Å²) in [6.07, 6.45) is 0.238. The molecule has 0 aliphatic rings. The van der Waals surface area contributed by atoms with E-state index in [1.54, 1.807) is 12.1 Å². The summed E-state index contributed by atoms with van der Waals surface area (Å²) in [5.41, 5.74) is 1.11. The highest BCUT2D eigenvalue weighted by atomic mass is 32.1. The van der Waals surface area contributed by atoms with Crippen LogP contribution in [-0.2, 0) is 6.54 Å². The van der Waals surface area contributed by atoms with Gasteiger partial charge in [-0.2, -0.15) is 0 Å². The molecule has 1 N–H and O–H groups in total. The van der Waals surface area contributed by atoms with Crippen molar-refractivity contribution in [2.45, 2.75) is 13.0 Å². The lowest BCUT2D eigenvalue weighted by molar-refractivity contribution is 0.145. The standard InChI is InChI=1S/C13H10F2N4S/c14-12(15)10-8(2-1-4-16-10)6-17-13-11-9(3-5-20-11)18-7-19-13/h1-5,7,12H,6H2,(H,17,18,19). The largest absolute Gasteiger partial charge is 0.365 e. The zero-order valence-corrected chi connectivity index (χ0v) is 11.1. The van der Waals surface area contributed by atoms with E-state index in [0.29, 0.717) is 11.4 Å². The van der Waals surface area contributed by atoms with E-state index in [2.05, 4.69) is 20.3 Å². The Bertz CT molecular complexity index is 729. The van der Waals surface area contributed by atoms with Crippen LogP contribution in [0.1, 0.15) is 17.7 Å². The molecule has 0 aromatic carbocycles. The van der Waals surface area contributed by atoms with Crippen LogP contribution in [0.3, 0.4) is 0 Å². The summed E-state index contributed by atoms with van der Waals surface area (Å²) in [6.45, 7) is 0.248. The summed E-state index contributed by atoms with van der Waals surface area (Å²) in [4.78, 5) is 12.0. The maximum atomic E-state index is 12.8. The van der Waals surface area contributed by atoms with Crippen LogP contribution in [-0.4, -0.2) is 15.0 Å². The topological polar surface area (TPSA) is 50.7 Å². The molecule has 0 aliphatic carbocycles. The van der Waals surface area contributed by atoms with Crippen molar-refractivity contribution in [1.82, 2.24) is 15.0 Å². The van der Waals surface area contributed by atoms with Gasteiger partial charge in [0.25, 0.3) is 6.43 Å². The first-order chi connectivity index (χ1) is 9.75. The number of hydrogen-bond donors (Lipinski definition) is 1. The van der Waals surface area contributed by atoms with Crippen LogP contribution in [0, 0.1) is 0 Å². The molecule has 3 heterocycles. The molecule has 0 saturated carbocycles. The number of thiophene rings is 1. The molecule has 4 nitrogen and oxygen atoms in total. The Labute approximate surface area is 117 Å². The van der Waals surface area contributed by atoms with Gasteiger partial charge >= 0.3 is 0 Å². The maximum absolute atomic E-state index is 12.8. The highest BCUT2D eigenvalue weighted by molar-refractivity contribution is 7.17. The van der Waals surface area contributed by atoms with Crippen LogP contribution >= 0.6 is 11.3 Å². The second-order valence-electron chi connectivity index (χ2n) is 4.06. The maximum Gasteiger partial charge on any atom is 0.280 e. The number of anilines is 1. The van der Waals surface area contributed by atoms with Crippen molar-refractivity contribution in [2.75, 3.05) is 5.32 Å². The molecule has 0 amide bonds. The summed E-state index contributed by atoms with van der Waals surface area (Å²) >= 11 is 1.51. The smallest absolute Gasteiger partial charge is 0.280 e. The Morgan fingerprint density at radius 2 is 2.10 bits per heavy atom. The molecule has 0 spiro atoms.